The zero-order valence-corrected chi connectivity index (χ0v) is 10.6. The zero-order chi connectivity index (χ0) is 12.4. The van der Waals surface area contributed by atoms with Gasteiger partial charge in [-0.15, -0.1) is 0 Å². The maximum atomic E-state index is 12.0. The fourth-order valence-electron chi connectivity index (χ4n) is 2.43. The quantitative estimate of drug-likeness (QED) is 0.786. The molecule has 0 spiro atoms. The van der Waals surface area contributed by atoms with E-state index in [2.05, 4.69) is 27.7 Å². The van der Waals surface area contributed by atoms with Gasteiger partial charge < -0.3 is 5.32 Å². The topological polar surface area (TPSA) is 57.8 Å². The summed E-state index contributed by atoms with van der Waals surface area (Å²) in [6.07, 6.45) is 5.87. The van der Waals surface area contributed by atoms with E-state index in [4.69, 9.17) is 0 Å². The van der Waals surface area contributed by atoms with Crippen LogP contribution in [0.25, 0.3) is 0 Å². The third-order valence-corrected chi connectivity index (χ3v) is 3.36. The summed E-state index contributed by atoms with van der Waals surface area (Å²) in [5, 5.41) is 10.2. The van der Waals surface area contributed by atoms with Gasteiger partial charge in [0.25, 0.3) is 0 Å². The first-order valence-corrected chi connectivity index (χ1v) is 6.06. The van der Waals surface area contributed by atoms with Crippen molar-refractivity contribution in [1.29, 1.82) is 0 Å². The van der Waals surface area contributed by atoms with Crippen molar-refractivity contribution in [3.8, 4) is 0 Å². The molecule has 0 saturated heterocycles. The third-order valence-electron chi connectivity index (χ3n) is 3.36. The van der Waals surface area contributed by atoms with Gasteiger partial charge >= 0.3 is 0 Å². The molecule has 0 aromatic carbocycles. The molecule has 92 valence electrons. The molecule has 0 fully saturated rings. The second-order valence-electron chi connectivity index (χ2n) is 4.72. The van der Waals surface area contributed by atoms with Gasteiger partial charge in [0, 0.05) is 17.2 Å². The number of carbonyl (C=O) groups is 1. The number of rotatable bonds is 3. The van der Waals surface area contributed by atoms with Crippen molar-refractivity contribution >= 4 is 5.91 Å². The normalized spacial score (nSPS) is 17.4. The number of amides is 1. The molecule has 1 aliphatic carbocycles. The molecule has 0 unspecified atom stereocenters. The largest absolute Gasteiger partial charge is 0.349 e. The number of hydrogen-bond acceptors (Lipinski definition) is 2. The number of aromatic amines is 1. The first-order chi connectivity index (χ1) is 8.09. The van der Waals surface area contributed by atoms with Crippen LogP contribution in [0, 0.1) is 19.8 Å². The lowest BCUT2D eigenvalue weighted by molar-refractivity contribution is -0.125. The van der Waals surface area contributed by atoms with E-state index in [1.165, 1.54) is 0 Å². The highest BCUT2D eigenvalue weighted by molar-refractivity contribution is 5.80. The second kappa shape index (κ2) is 4.73. The molecule has 4 heteroatoms. The summed E-state index contributed by atoms with van der Waals surface area (Å²) in [6.45, 7) is 5.94. The first-order valence-electron chi connectivity index (χ1n) is 6.06. The van der Waals surface area contributed by atoms with Crippen LogP contribution in [0.5, 0.6) is 0 Å². The maximum Gasteiger partial charge on any atom is 0.224 e. The van der Waals surface area contributed by atoms with Gasteiger partial charge in [0.05, 0.1) is 11.7 Å². The Balaban J connectivity index is 2.01. The Kier molecular flexibility index (Phi) is 3.31. The minimum absolute atomic E-state index is 0.0156. The molecular weight excluding hydrogens is 214 g/mol. The molecule has 0 saturated carbocycles. The molecule has 1 aliphatic rings. The minimum atomic E-state index is 0.0156. The lowest BCUT2D eigenvalue weighted by atomic mass is 10.0. The van der Waals surface area contributed by atoms with Crippen LogP contribution in [-0.2, 0) is 4.79 Å². The molecule has 1 aromatic heterocycles. The predicted molar refractivity (Wildman–Crippen MR) is 66.5 cm³/mol. The molecule has 0 radical (unpaired) electrons. The van der Waals surface area contributed by atoms with Gasteiger partial charge in [-0.05, 0) is 33.6 Å². The lowest BCUT2D eigenvalue weighted by Crippen LogP contribution is -2.32. The van der Waals surface area contributed by atoms with Crippen LogP contribution in [0.15, 0.2) is 12.2 Å². The highest BCUT2D eigenvalue weighted by Crippen LogP contribution is 2.22. The van der Waals surface area contributed by atoms with Crippen molar-refractivity contribution in [2.45, 2.75) is 39.7 Å². The van der Waals surface area contributed by atoms with E-state index in [1.54, 1.807) is 0 Å². The molecule has 2 rings (SSSR count). The maximum absolute atomic E-state index is 12.0. The molecule has 1 aromatic rings. The molecule has 1 heterocycles. The predicted octanol–water partition coefficient (Wildman–Crippen LogP) is 2.17. The Labute approximate surface area is 101 Å². The van der Waals surface area contributed by atoms with E-state index in [1.807, 2.05) is 20.8 Å². The summed E-state index contributed by atoms with van der Waals surface area (Å²) in [5.41, 5.74) is 3.09. The summed E-state index contributed by atoms with van der Waals surface area (Å²) < 4.78 is 0. The van der Waals surface area contributed by atoms with Crippen molar-refractivity contribution in [2.24, 2.45) is 5.92 Å². The lowest BCUT2D eigenvalue weighted by Gasteiger charge is -2.17. The highest BCUT2D eigenvalue weighted by atomic mass is 16.1. The minimum Gasteiger partial charge on any atom is -0.349 e. The Hall–Kier alpha value is -1.58. The van der Waals surface area contributed by atoms with E-state index in [9.17, 15) is 4.79 Å². The van der Waals surface area contributed by atoms with Gasteiger partial charge in [0.1, 0.15) is 0 Å². The summed E-state index contributed by atoms with van der Waals surface area (Å²) in [6, 6.07) is 0.0156. The van der Waals surface area contributed by atoms with Gasteiger partial charge in [-0.1, -0.05) is 12.2 Å². The van der Waals surface area contributed by atoms with Crippen LogP contribution in [0.1, 0.15) is 42.8 Å². The average Bonchev–Trinajstić information content (AvgIpc) is 2.88. The standard InChI is InChI=1S/C13H19N3O/c1-8(12-9(2)15-16-10(12)3)14-13(17)11-6-4-5-7-11/h4-5,8,11H,6-7H2,1-3H3,(H,14,17)(H,15,16)/t8-/m1/s1. The summed E-state index contributed by atoms with van der Waals surface area (Å²) in [7, 11) is 0. The number of aryl methyl sites for hydroxylation is 2. The van der Waals surface area contributed by atoms with Crippen LogP contribution >= 0.6 is 0 Å². The molecule has 4 nitrogen and oxygen atoms in total. The Bertz CT molecular complexity index is 420. The number of H-pyrrole nitrogens is 1. The van der Waals surface area contributed by atoms with Crippen LogP contribution in [0.3, 0.4) is 0 Å². The van der Waals surface area contributed by atoms with Gasteiger partial charge in [-0.2, -0.15) is 5.10 Å². The van der Waals surface area contributed by atoms with Crippen molar-refractivity contribution < 1.29 is 4.79 Å². The highest BCUT2D eigenvalue weighted by Gasteiger charge is 2.22. The molecule has 0 aliphatic heterocycles. The fourth-order valence-corrected chi connectivity index (χ4v) is 2.43. The van der Waals surface area contributed by atoms with E-state index in [0.717, 1.165) is 29.8 Å². The molecule has 1 atom stereocenters. The van der Waals surface area contributed by atoms with Gasteiger partial charge in [0.2, 0.25) is 5.91 Å². The molecule has 0 bridgehead atoms. The number of carbonyl (C=O) groups excluding carboxylic acids is 1. The van der Waals surface area contributed by atoms with Crippen LogP contribution in [0.4, 0.5) is 0 Å². The monoisotopic (exact) mass is 233 g/mol. The molecular formula is C13H19N3O. The Morgan fingerprint density at radius 1 is 1.47 bits per heavy atom. The summed E-state index contributed by atoms with van der Waals surface area (Å²) in [5.74, 6) is 0.257. The van der Waals surface area contributed by atoms with Crippen molar-refractivity contribution in [1.82, 2.24) is 15.5 Å². The Morgan fingerprint density at radius 2 is 2.12 bits per heavy atom. The second-order valence-corrected chi connectivity index (χ2v) is 4.72. The number of aromatic nitrogens is 2. The van der Waals surface area contributed by atoms with E-state index < -0.39 is 0 Å². The van der Waals surface area contributed by atoms with Crippen molar-refractivity contribution in [2.75, 3.05) is 0 Å². The smallest absolute Gasteiger partial charge is 0.224 e. The van der Waals surface area contributed by atoms with E-state index in [0.29, 0.717) is 0 Å². The SMILES string of the molecule is Cc1n[nH]c(C)c1[C@@H](C)NC(=O)C1CC=CC1. The number of allylic oxidation sites excluding steroid dienone is 2. The molecule has 17 heavy (non-hydrogen) atoms. The summed E-state index contributed by atoms with van der Waals surface area (Å²) in [4.78, 5) is 12.0. The first kappa shape index (κ1) is 11.9. The van der Waals surface area contributed by atoms with Crippen LogP contribution in [-0.4, -0.2) is 16.1 Å². The molecule has 2 N–H and O–H groups in total. The van der Waals surface area contributed by atoms with Crippen molar-refractivity contribution in [3.05, 3.63) is 29.1 Å². The number of nitrogens with zero attached hydrogens (tertiary/aromatic N) is 1. The van der Waals surface area contributed by atoms with Crippen molar-refractivity contribution in [3.63, 3.8) is 0 Å². The fraction of sp³-hybridized carbons (Fsp3) is 0.538. The summed E-state index contributed by atoms with van der Waals surface area (Å²) >= 11 is 0. The number of hydrogen-bond donors (Lipinski definition) is 2. The van der Waals surface area contributed by atoms with Gasteiger partial charge in [-0.3, -0.25) is 9.89 Å². The Morgan fingerprint density at radius 3 is 2.65 bits per heavy atom. The van der Waals surface area contributed by atoms with Gasteiger partial charge in [0.15, 0.2) is 0 Å². The van der Waals surface area contributed by atoms with Gasteiger partial charge in [-0.25, -0.2) is 0 Å². The van der Waals surface area contributed by atoms with E-state index in [-0.39, 0.29) is 17.9 Å². The third kappa shape index (κ3) is 2.40. The van der Waals surface area contributed by atoms with Crippen LogP contribution < -0.4 is 5.32 Å². The average molecular weight is 233 g/mol. The van der Waals surface area contributed by atoms with E-state index >= 15 is 0 Å². The molecule has 1 amide bonds. The zero-order valence-electron chi connectivity index (χ0n) is 10.6. The number of nitrogens with one attached hydrogen (secondary N) is 2. The van der Waals surface area contributed by atoms with Crippen LogP contribution in [0.2, 0.25) is 0 Å².